The van der Waals surface area contributed by atoms with Crippen LogP contribution in [0.3, 0.4) is 0 Å². The Labute approximate surface area is 115 Å². The number of rotatable bonds is 3. The minimum absolute atomic E-state index is 0.248. The lowest BCUT2D eigenvalue weighted by Gasteiger charge is -2.48. The zero-order valence-electron chi connectivity index (χ0n) is 12.1. The summed E-state index contributed by atoms with van der Waals surface area (Å²) in [5.74, 6) is 0.754. The van der Waals surface area contributed by atoms with E-state index in [0.29, 0.717) is 37.6 Å². The number of carbonyl (C=O) groups excluding carboxylic acids is 1. The number of amides is 1. The third kappa shape index (κ3) is 2.52. The predicted octanol–water partition coefficient (Wildman–Crippen LogP) is 1.23. The first-order chi connectivity index (χ1) is 8.99. The largest absolute Gasteiger partial charge is 0.387 e. The van der Waals surface area contributed by atoms with E-state index >= 15 is 0 Å². The van der Waals surface area contributed by atoms with Crippen molar-refractivity contribution in [2.75, 3.05) is 19.6 Å². The summed E-state index contributed by atoms with van der Waals surface area (Å²) in [7, 11) is 0. The highest BCUT2D eigenvalue weighted by Gasteiger charge is 2.52. The molecule has 19 heavy (non-hydrogen) atoms. The first-order valence-corrected chi connectivity index (χ1v) is 7.75. The van der Waals surface area contributed by atoms with E-state index < -0.39 is 5.60 Å². The molecule has 3 aliphatic rings. The fourth-order valence-corrected chi connectivity index (χ4v) is 3.90. The lowest BCUT2D eigenvalue weighted by atomic mass is 9.88. The Balaban J connectivity index is 1.51. The van der Waals surface area contributed by atoms with Gasteiger partial charge >= 0.3 is 0 Å². The lowest BCUT2D eigenvalue weighted by molar-refractivity contribution is -0.149. The summed E-state index contributed by atoms with van der Waals surface area (Å²) in [4.78, 5) is 16.6. The first kappa shape index (κ1) is 13.4. The van der Waals surface area contributed by atoms with E-state index in [0.717, 1.165) is 12.8 Å². The normalized spacial score (nSPS) is 35.0. The molecule has 108 valence electrons. The maximum atomic E-state index is 12.4. The third-order valence-electron chi connectivity index (χ3n) is 5.17. The van der Waals surface area contributed by atoms with Gasteiger partial charge in [0.15, 0.2) is 0 Å². The molecule has 0 aromatic heterocycles. The van der Waals surface area contributed by atoms with Crippen LogP contribution < -0.4 is 0 Å². The number of nitrogens with zero attached hydrogens (tertiary/aromatic N) is 2. The molecular weight excluding hydrogens is 240 g/mol. The van der Waals surface area contributed by atoms with E-state index in [1.54, 1.807) is 0 Å². The van der Waals surface area contributed by atoms with E-state index in [1.807, 2.05) is 0 Å². The van der Waals surface area contributed by atoms with E-state index in [-0.39, 0.29) is 5.91 Å². The van der Waals surface area contributed by atoms with Crippen molar-refractivity contribution in [1.29, 1.82) is 0 Å². The smallest absolute Gasteiger partial charge is 0.237 e. The van der Waals surface area contributed by atoms with Crippen LogP contribution in [0.5, 0.6) is 0 Å². The molecule has 1 aliphatic carbocycles. The number of β-amino-alcohol motifs (C(OH)–C–C–N with tert-alkyl or cyclic N) is 1. The molecule has 0 bridgehead atoms. The van der Waals surface area contributed by atoms with Crippen molar-refractivity contribution in [1.82, 2.24) is 9.80 Å². The Hall–Kier alpha value is -0.610. The molecule has 2 atom stereocenters. The molecule has 2 heterocycles. The highest BCUT2D eigenvalue weighted by molar-refractivity contribution is 5.79. The predicted molar refractivity (Wildman–Crippen MR) is 73.7 cm³/mol. The Bertz CT molecular complexity index is 351. The molecule has 0 radical (unpaired) electrons. The molecule has 0 aromatic carbocycles. The highest BCUT2D eigenvalue weighted by atomic mass is 16.3. The summed E-state index contributed by atoms with van der Waals surface area (Å²) < 4.78 is 0. The number of piperidine rings is 1. The van der Waals surface area contributed by atoms with Crippen LogP contribution in [0, 0.1) is 5.92 Å². The van der Waals surface area contributed by atoms with Crippen LogP contribution in [0.2, 0.25) is 0 Å². The van der Waals surface area contributed by atoms with Gasteiger partial charge in [0.2, 0.25) is 5.91 Å². The Morgan fingerprint density at radius 2 is 1.74 bits per heavy atom. The van der Waals surface area contributed by atoms with Gasteiger partial charge in [-0.3, -0.25) is 9.69 Å². The maximum Gasteiger partial charge on any atom is 0.237 e. The minimum atomic E-state index is -0.473. The van der Waals surface area contributed by atoms with E-state index in [2.05, 4.69) is 23.6 Å². The second-order valence-electron chi connectivity index (χ2n) is 6.95. The second kappa shape index (κ2) is 4.74. The zero-order valence-corrected chi connectivity index (χ0v) is 12.1. The fourth-order valence-electron chi connectivity index (χ4n) is 3.90. The third-order valence-corrected chi connectivity index (χ3v) is 5.17. The van der Waals surface area contributed by atoms with E-state index in [1.165, 1.54) is 19.3 Å². The lowest BCUT2D eigenvalue weighted by Crippen LogP contribution is -2.65. The first-order valence-electron chi connectivity index (χ1n) is 7.75. The second-order valence-corrected chi connectivity index (χ2v) is 6.95. The van der Waals surface area contributed by atoms with Crippen LogP contribution in [-0.4, -0.2) is 58.1 Å². The van der Waals surface area contributed by atoms with Crippen LogP contribution in [0.4, 0.5) is 0 Å². The molecule has 3 rings (SSSR count). The Morgan fingerprint density at radius 3 is 2.26 bits per heavy atom. The van der Waals surface area contributed by atoms with Gasteiger partial charge < -0.3 is 10.0 Å². The molecule has 2 aliphatic heterocycles. The van der Waals surface area contributed by atoms with E-state index in [9.17, 15) is 9.90 Å². The SMILES string of the molecule is CC1CCCC(C)N1C(=O)CN1CC(O)(C2CC2)C1. The van der Waals surface area contributed by atoms with Gasteiger partial charge in [-0.15, -0.1) is 0 Å². The van der Waals surface area contributed by atoms with Crippen molar-refractivity contribution in [2.24, 2.45) is 5.92 Å². The molecule has 1 N–H and O–H groups in total. The van der Waals surface area contributed by atoms with Gasteiger partial charge in [0.05, 0.1) is 12.1 Å². The number of hydrogen-bond acceptors (Lipinski definition) is 3. The van der Waals surface area contributed by atoms with Crippen molar-refractivity contribution in [3.8, 4) is 0 Å². The highest BCUT2D eigenvalue weighted by Crippen LogP contribution is 2.44. The summed E-state index contributed by atoms with van der Waals surface area (Å²) in [5.41, 5.74) is -0.473. The molecule has 1 saturated carbocycles. The summed E-state index contributed by atoms with van der Waals surface area (Å²) in [5, 5.41) is 10.3. The molecule has 4 heteroatoms. The molecule has 4 nitrogen and oxygen atoms in total. The molecule has 3 fully saturated rings. The van der Waals surface area contributed by atoms with Gasteiger partial charge in [-0.25, -0.2) is 0 Å². The quantitative estimate of drug-likeness (QED) is 0.835. The minimum Gasteiger partial charge on any atom is -0.387 e. The van der Waals surface area contributed by atoms with Gasteiger partial charge in [0.25, 0.3) is 0 Å². The van der Waals surface area contributed by atoms with Gasteiger partial charge in [0, 0.05) is 25.2 Å². The van der Waals surface area contributed by atoms with Crippen LogP contribution in [0.1, 0.15) is 46.0 Å². The van der Waals surface area contributed by atoms with E-state index in [4.69, 9.17) is 0 Å². The molecule has 0 spiro atoms. The van der Waals surface area contributed by atoms with Crippen molar-refractivity contribution in [3.63, 3.8) is 0 Å². The number of aliphatic hydroxyl groups is 1. The van der Waals surface area contributed by atoms with Crippen molar-refractivity contribution in [2.45, 2.75) is 63.6 Å². The van der Waals surface area contributed by atoms with Gasteiger partial charge in [-0.05, 0) is 51.9 Å². The fraction of sp³-hybridized carbons (Fsp3) is 0.933. The average molecular weight is 266 g/mol. The molecule has 1 amide bonds. The Kier molecular flexibility index (Phi) is 3.34. The van der Waals surface area contributed by atoms with Crippen molar-refractivity contribution < 1.29 is 9.90 Å². The molecule has 2 saturated heterocycles. The zero-order chi connectivity index (χ0) is 13.6. The Morgan fingerprint density at radius 1 is 1.16 bits per heavy atom. The summed E-state index contributed by atoms with van der Waals surface area (Å²) in [6, 6.07) is 0.750. The van der Waals surface area contributed by atoms with Gasteiger partial charge in [-0.2, -0.15) is 0 Å². The van der Waals surface area contributed by atoms with Crippen LogP contribution in [-0.2, 0) is 4.79 Å². The summed E-state index contributed by atoms with van der Waals surface area (Å²) in [6.07, 6.45) is 5.82. The van der Waals surface area contributed by atoms with Gasteiger partial charge in [0.1, 0.15) is 0 Å². The molecule has 0 aromatic rings. The number of hydrogen-bond donors (Lipinski definition) is 1. The van der Waals surface area contributed by atoms with Crippen LogP contribution in [0.15, 0.2) is 0 Å². The monoisotopic (exact) mass is 266 g/mol. The summed E-state index contributed by atoms with van der Waals surface area (Å²) >= 11 is 0. The molecular formula is C15H26N2O2. The van der Waals surface area contributed by atoms with Crippen LogP contribution in [0.25, 0.3) is 0 Å². The average Bonchev–Trinajstić information content (AvgIpc) is 3.10. The maximum absolute atomic E-state index is 12.4. The van der Waals surface area contributed by atoms with Crippen molar-refractivity contribution >= 4 is 5.91 Å². The van der Waals surface area contributed by atoms with Crippen molar-refractivity contribution in [3.05, 3.63) is 0 Å². The summed E-state index contributed by atoms with van der Waals surface area (Å²) in [6.45, 7) is 6.19. The topological polar surface area (TPSA) is 43.8 Å². The number of carbonyl (C=O) groups is 1. The van der Waals surface area contributed by atoms with Gasteiger partial charge in [-0.1, -0.05) is 0 Å². The standard InChI is InChI=1S/C15H26N2O2/c1-11-4-3-5-12(2)17(11)14(18)8-16-9-15(19,10-16)13-6-7-13/h11-13,19H,3-10H2,1-2H3. The number of likely N-dealkylation sites (tertiary alicyclic amines) is 2. The molecule has 2 unspecified atom stereocenters. The van der Waals surface area contributed by atoms with Crippen LogP contribution >= 0.6 is 0 Å².